The largest absolute Gasteiger partial charge is 0.480 e. The highest BCUT2D eigenvalue weighted by atomic mass is 32.2. The topological polar surface area (TPSA) is 74.7 Å². The highest BCUT2D eigenvalue weighted by Gasteiger charge is 2.26. The lowest BCUT2D eigenvalue weighted by Crippen LogP contribution is -2.36. The second-order valence-corrected chi connectivity index (χ2v) is 7.66. The van der Waals surface area contributed by atoms with Crippen molar-refractivity contribution in [3.05, 3.63) is 0 Å². The summed E-state index contributed by atoms with van der Waals surface area (Å²) in [5.41, 5.74) is 0. The predicted molar refractivity (Wildman–Crippen MR) is 65.7 cm³/mol. The minimum absolute atomic E-state index is 0.0463. The molecule has 1 fully saturated rings. The molecule has 0 atom stereocenters. The van der Waals surface area contributed by atoms with Crippen LogP contribution in [0.1, 0.15) is 26.7 Å². The Morgan fingerprint density at radius 3 is 2.41 bits per heavy atom. The second kappa shape index (κ2) is 5.82. The molecule has 0 radical (unpaired) electrons. The highest BCUT2D eigenvalue weighted by molar-refractivity contribution is 7.92. The van der Waals surface area contributed by atoms with Gasteiger partial charge < -0.3 is 5.11 Å². The van der Waals surface area contributed by atoms with Crippen LogP contribution in [-0.2, 0) is 14.6 Å². The van der Waals surface area contributed by atoms with Gasteiger partial charge in [-0.1, -0.05) is 0 Å². The van der Waals surface area contributed by atoms with E-state index in [2.05, 4.69) is 0 Å². The van der Waals surface area contributed by atoms with Crippen molar-refractivity contribution in [3.63, 3.8) is 0 Å². The summed E-state index contributed by atoms with van der Waals surface area (Å²) in [6.45, 7) is 4.27. The van der Waals surface area contributed by atoms with Crippen LogP contribution in [0.3, 0.4) is 0 Å². The Kier molecular flexibility index (Phi) is 4.94. The van der Waals surface area contributed by atoms with E-state index < -0.39 is 21.1 Å². The fourth-order valence-electron chi connectivity index (χ4n) is 1.58. The summed E-state index contributed by atoms with van der Waals surface area (Å²) in [4.78, 5) is 12.4. The lowest BCUT2D eigenvalue weighted by molar-refractivity contribution is -0.138. The molecule has 0 aliphatic heterocycles. The molecular weight excluding hydrogens is 242 g/mol. The van der Waals surface area contributed by atoms with Gasteiger partial charge in [0.2, 0.25) is 0 Å². The molecule has 0 aromatic carbocycles. The van der Waals surface area contributed by atoms with Crippen molar-refractivity contribution in [3.8, 4) is 0 Å². The van der Waals surface area contributed by atoms with Gasteiger partial charge in [-0.2, -0.15) is 0 Å². The summed E-state index contributed by atoms with van der Waals surface area (Å²) in [6, 6.07) is 0. The number of carboxylic acid groups (broad SMARTS) is 1. The Bertz CT molecular complexity index is 360. The van der Waals surface area contributed by atoms with Gasteiger partial charge in [0.25, 0.3) is 0 Å². The maximum atomic E-state index is 11.6. The fraction of sp³-hybridized carbons (Fsp3) is 0.909. The molecule has 1 aliphatic rings. The summed E-state index contributed by atoms with van der Waals surface area (Å²) >= 11 is 0. The van der Waals surface area contributed by atoms with Crippen LogP contribution in [0, 0.1) is 5.92 Å². The van der Waals surface area contributed by atoms with Gasteiger partial charge in [0, 0.05) is 13.1 Å². The average Bonchev–Trinajstić information content (AvgIpc) is 2.97. The fourth-order valence-corrected chi connectivity index (χ4v) is 2.57. The van der Waals surface area contributed by atoms with Gasteiger partial charge in [-0.25, -0.2) is 8.42 Å². The molecule has 0 aromatic rings. The van der Waals surface area contributed by atoms with E-state index in [1.54, 1.807) is 18.7 Å². The van der Waals surface area contributed by atoms with Crippen molar-refractivity contribution < 1.29 is 18.3 Å². The molecule has 6 heteroatoms. The first kappa shape index (κ1) is 14.4. The number of nitrogens with zero attached hydrogens (tertiary/aromatic N) is 1. The maximum absolute atomic E-state index is 11.6. The van der Waals surface area contributed by atoms with Crippen LogP contribution in [0.15, 0.2) is 0 Å². The van der Waals surface area contributed by atoms with Crippen molar-refractivity contribution in [1.82, 2.24) is 4.90 Å². The third-order valence-corrected chi connectivity index (χ3v) is 5.17. The van der Waals surface area contributed by atoms with Gasteiger partial charge >= 0.3 is 5.97 Å². The number of carbonyl (C=O) groups is 1. The average molecular weight is 263 g/mol. The van der Waals surface area contributed by atoms with E-state index >= 15 is 0 Å². The molecule has 0 amide bonds. The molecule has 0 unspecified atom stereocenters. The number of hydrogen-bond donors (Lipinski definition) is 1. The third kappa shape index (κ3) is 5.50. The summed E-state index contributed by atoms with van der Waals surface area (Å²) in [7, 11) is -3.08. The van der Waals surface area contributed by atoms with E-state index in [0.717, 1.165) is 12.8 Å². The molecule has 1 aliphatic carbocycles. The molecule has 0 bridgehead atoms. The highest BCUT2D eigenvalue weighted by Crippen LogP contribution is 2.29. The number of hydrogen-bond acceptors (Lipinski definition) is 4. The number of sulfone groups is 1. The van der Waals surface area contributed by atoms with E-state index in [1.807, 2.05) is 0 Å². The Labute approximate surface area is 103 Å². The standard InChI is InChI=1S/C11H21NO4S/c1-9(2)17(15,16)6-5-12(8-11(13)14)7-10-3-4-10/h9-10H,3-8H2,1-2H3,(H,13,14). The minimum Gasteiger partial charge on any atom is -0.480 e. The van der Waals surface area contributed by atoms with E-state index in [0.29, 0.717) is 19.0 Å². The molecule has 1 rings (SSSR count). The van der Waals surface area contributed by atoms with Gasteiger partial charge in [-0.05, 0) is 32.6 Å². The van der Waals surface area contributed by atoms with E-state index in [9.17, 15) is 13.2 Å². The molecular formula is C11H21NO4S. The normalized spacial score (nSPS) is 16.7. The van der Waals surface area contributed by atoms with Crippen molar-refractivity contribution in [1.29, 1.82) is 0 Å². The lowest BCUT2D eigenvalue weighted by Gasteiger charge is -2.20. The first-order valence-corrected chi connectivity index (χ1v) is 7.68. The van der Waals surface area contributed by atoms with E-state index in [-0.39, 0.29) is 12.3 Å². The first-order chi connectivity index (χ1) is 7.81. The van der Waals surface area contributed by atoms with Crippen LogP contribution in [0.25, 0.3) is 0 Å². The van der Waals surface area contributed by atoms with Crippen molar-refractivity contribution >= 4 is 15.8 Å². The smallest absolute Gasteiger partial charge is 0.317 e. The van der Waals surface area contributed by atoms with Gasteiger partial charge in [-0.15, -0.1) is 0 Å². The number of rotatable bonds is 8. The Morgan fingerprint density at radius 2 is 2.00 bits per heavy atom. The molecule has 0 spiro atoms. The molecule has 1 saturated carbocycles. The van der Waals surface area contributed by atoms with Gasteiger partial charge in [0.05, 0.1) is 17.5 Å². The third-order valence-electron chi connectivity index (χ3n) is 2.98. The van der Waals surface area contributed by atoms with E-state index in [1.165, 1.54) is 0 Å². The first-order valence-electron chi connectivity index (χ1n) is 5.97. The van der Waals surface area contributed by atoms with Crippen LogP contribution in [0.5, 0.6) is 0 Å². The van der Waals surface area contributed by atoms with Crippen LogP contribution >= 0.6 is 0 Å². The summed E-state index contributed by atoms with van der Waals surface area (Å²) in [6.07, 6.45) is 2.26. The van der Waals surface area contributed by atoms with Crippen molar-refractivity contribution in [2.75, 3.05) is 25.4 Å². The maximum Gasteiger partial charge on any atom is 0.317 e. The van der Waals surface area contributed by atoms with Crippen LogP contribution in [0.2, 0.25) is 0 Å². The lowest BCUT2D eigenvalue weighted by atomic mass is 10.3. The molecule has 5 nitrogen and oxygen atoms in total. The minimum atomic E-state index is -3.08. The SMILES string of the molecule is CC(C)S(=O)(=O)CCN(CC(=O)O)CC1CC1. The zero-order valence-corrected chi connectivity index (χ0v) is 11.2. The van der Waals surface area contributed by atoms with Gasteiger partial charge in [0.15, 0.2) is 9.84 Å². The Hall–Kier alpha value is -0.620. The Balaban J connectivity index is 2.44. The monoisotopic (exact) mass is 263 g/mol. The van der Waals surface area contributed by atoms with Crippen molar-refractivity contribution in [2.45, 2.75) is 31.9 Å². The summed E-state index contributed by atoms with van der Waals surface area (Å²) < 4.78 is 23.3. The molecule has 0 aromatic heterocycles. The quantitative estimate of drug-likeness (QED) is 0.694. The number of carboxylic acids is 1. The van der Waals surface area contributed by atoms with Gasteiger partial charge in [-0.3, -0.25) is 9.69 Å². The molecule has 100 valence electrons. The van der Waals surface area contributed by atoms with Crippen LogP contribution < -0.4 is 0 Å². The summed E-state index contributed by atoms with van der Waals surface area (Å²) in [5.74, 6) is -0.284. The zero-order valence-electron chi connectivity index (χ0n) is 10.4. The van der Waals surface area contributed by atoms with Crippen LogP contribution in [-0.4, -0.2) is 55.0 Å². The Morgan fingerprint density at radius 1 is 1.41 bits per heavy atom. The predicted octanol–water partition coefficient (Wildman–Crippen LogP) is 0.606. The summed E-state index contributed by atoms with van der Waals surface area (Å²) in [5, 5.41) is 8.37. The van der Waals surface area contributed by atoms with Crippen LogP contribution in [0.4, 0.5) is 0 Å². The molecule has 17 heavy (non-hydrogen) atoms. The molecule has 0 saturated heterocycles. The van der Waals surface area contributed by atoms with Crippen molar-refractivity contribution in [2.24, 2.45) is 5.92 Å². The zero-order chi connectivity index (χ0) is 13.1. The van der Waals surface area contributed by atoms with E-state index in [4.69, 9.17) is 5.11 Å². The second-order valence-electron chi connectivity index (χ2n) is 4.99. The molecule has 1 N–H and O–H groups in total. The number of aliphatic carboxylic acids is 1. The van der Waals surface area contributed by atoms with Gasteiger partial charge in [0.1, 0.15) is 0 Å². The molecule has 0 heterocycles.